The number of aryl methyl sites for hydroxylation is 3. The highest BCUT2D eigenvalue weighted by atomic mass is 16.2. The molecule has 5 nitrogen and oxygen atoms in total. The third-order valence-electron chi connectivity index (χ3n) is 6.65. The number of hydrogen-bond acceptors (Lipinski definition) is 4. The van der Waals surface area contributed by atoms with E-state index in [1.807, 2.05) is 11.8 Å². The van der Waals surface area contributed by atoms with Crippen LogP contribution in [0.5, 0.6) is 0 Å². The molecule has 2 fully saturated rings. The van der Waals surface area contributed by atoms with Crippen molar-refractivity contribution in [2.45, 2.75) is 59.5 Å². The summed E-state index contributed by atoms with van der Waals surface area (Å²) in [5, 5.41) is 0. The molecule has 0 bridgehead atoms. The predicted molar refractivity (Wildman–Crippen MR) is 114 cm³/mol. The van der Waals surface area contributed by atoms with E-state index in [0.29, 0.717) is 13.0 Å². The molecular weight excluding hydrogens is 360 g/mol. The maximum absolute atomic E-state index is 12.6. The summed E-state index contributed by atoms with van der Waals surface area (Å²) in [6.45, 7) is 10.9. The molecule has 154 valence electrons. The molecular formula is C24H32N4O. The van der Waals surface area contributed by atoms with Crippen LogP contribution in [0.2, 0.25) is 0 Å². The van der Waals surface area contributed by atoms with Crippen molar-refractivity contribution in [3.05, 3.63) is 58.7 Å². The zero-order valence-electron chi connectivity index (χ0n) is 17.9. The van der Waals surface area contributed by atoms with Crippen LogP contribution in [0.3, 0.4) is 0 Å². The van der Waals surface area contributed by atoms with Gasteiger partial charge in [0.25, 0.3) is 0 Å². The summed E-state index contributed by atoms with van der Waals surface area (Å²) in [6, 6.07) is 6.81. The normalized spacial score (nSPS) is 23.0. The summed E-state index contributed by atoms with van der Waals surface area (Å²) in [5.41, 5.74) is 6.11. The van der Waals surface area contributed by atoms with E-state index in [2.05, 4.69) is 46.9 Å². The molecule has 4 rings (SSSR count). The molecule has 29 heavy (non-hydrogen) atoms. The van der Waals surface area contributed by atoms with Crippen molar-refractivity contribution in [2.75, 3.05) is 19.6 Å². The number of hydrogen-bond donors (Lipinski definition) is 0. The number of benzene rings is 1. The summed E-state index contributed by atoms with van der Waals surface area (Å²) in [4.78, 5) is 26.0. The molecule has 2 aliphatic heterocycles. The molecule has 1 unspecified atom stereocenters. The van der Waals surface area contributed by atoms with Gasteiger partial charge in [0, 0.05) is 37.7 Å². The Hall–Kier alpha value is -2.27. The van der Waals surface area contributed by atoms with E-state index in [0.717, 1.165) is 44.0 Å². The zero-order chi connectivity index (χ0) is 20.4. The highest BCUT2D eigenvalue weighted by Crippen LogP contribution is 2.39. The Morgan fingerprint density at radius 1 is 1.00 bits per heavy atom. The molecule has 2 aromatic rings. The Balaban J connectivity index is 1.44. The summed E-state index contributed by atoms with van der Waals surface area (Å²) in [7, 11) is 0. The fourth-order valence-corrected chi connectivity index (χ4v) is 4.88. The first kappa shape index (κ1) is 20.0. The van der Waals surface area contributed by atoms with Crippen LogP contribution in [-0.2, 0) is 17.9 Å². The number of likely N-dealkylation sites (tertiary alicyclic amines) is 2. The second kappa shape index (κ2) is 8.23. The Morgan fingerprint density at radius 2 is 1.86 bits per heavy atom. The lowest BCUT2D eigenvalue weighted by molar-refractivity contribution is -0.140. The van der Waals surface area contributed by atoms with Gasteiger partial charge in [0.1, 0.15) is 0 Å². The second-order valence-corrected chi connectivity index (χ2v) is 9.13. The predicted octanol–water partition coefficient (Wildman–Crippen LogP) is 3.81. The number of carbonyl (C=O) groups is 1. The maximum atomic E-state index is 12.6. The quantitative estimate of drug-likeness (QED) is 0.794. The van der Waals surface area contributed by atoms with Gasteiger partial charge < -0.3 is 4.90 Å². The van der Waals surface area contributed by atoms with Crippen molar-refractivity contribution >= 4 is 5.91 Å². The first-order valence-corrected chi connectivity index (χ1v) is 10.8. The SMILES string of the molecule is Cc1cnc(CN2CC3(CCCN(Cc4ccc(C)c(C)c4)C3)CCC2=O)cn1. The molecule has 0 saturated carbocycles. The lowest BCUT2D eigenvalue weighted by Gasteiger charge is -2.48. The van der Waals surface area contributed by atoms with Crippen molar-refractivity contribution in [1.29, 1.82) is 0 Å². The number of aromatic nitrogens is 2. The first-order valence-electron chi connectivity index (χ1n) is 10.8. The van der Waals surface area contributed by atoms with Crippen molar-refractivity contribution in [3.8, 4) is 0 Å². The lowest BCUT2D eigenvalue weighted by Crippen LogP contribution is -2.53. The molecule has 1 amide bonds. The average molecular weight is 393 g/mol. The standard InChI is InChI=1S/C24H32N4O/c1-18-5-6-21(11-19(18)2)14-27-10-4-8-24(16-27)9-7-23(29)28(17-24)15-22-13-25-20(3)12-26-22/h5-6,11-13H,4,7-10,14-17H2,1-3H3. The summed E-state index contributed by atoms with van der Waals surface area (Å²) in [5.74, 6) is 0.254. The first-order chi connectivity index (χ1) is 13.9. The fourth-order valence-electron chi connectivity index (χ4n) is 4.88. The zero-order valence-corrected chi connectivity index (χ0v) is 17.9. The van der Waals surface area contributed by atoms with Crippen LogP contribution in [-0.4, -0.2) is 45.3 Å². The molecule has 2 saturated heterocycles. The molecule has 1 spiro atoms. The van der Waals surface area contributed by atoms with Crippen LogP contribution in [0.1, 0.15) is 53.8 Å². The Kier molecular flexibility index (Phi) is 5.68. The minimum atomic E-state index is 0.212. The molecule has 5 heteroatoms. The monoisotopic (exact) mass is 392 g/mol. The van der Waals surface area contributed by atoms with Gasteiger partial charge in [-0.15, -0.1) is 0 Å². The number of amides is 1. The summed E-state index contributed by atoms with van der Waals surface area (Å²) in [6.07, 6.45) is 7.65. The van der Waals surface area contributed by atoms with E-state index in [1.54, 1.807) is 12.4 Å². The van der Waals surface area contributed by atoms with Crippen LogP contribution in [0, 0.1) is 26.2 Å². The number of nitrogens with zero attached hydrogens (tertiary/aromatic N) is 4. The average Bonchev–Trinajstić information content (AvgIpc) is 2.70. The van der Waals surface area contributed by atoms with E-state index in [1.165, 1.54) is 29.5 Å². The van der Waals surface area contributed by atoms with Crippen LogP contribution in [0.25, 0.3) is 0 Å². The molecule has 1 atom stereocenters. The van der Waals surface area contributed by atoms with Crippen molar-refractivity contribution in [1.82, 2.24) is 19.8 Å². The van der Waals surface area contributed by atoms with Crippen LogP contribution in [0.15, 0.2) is 30.6 Å². The van der Waals surface area contributed by atoms with Crippen LogP contribution < -0.4 is 0 Å². The molecule has 1 aromatic heterocycles. The van der Waals surface area contributed by atoms with Crippen molar-refractivity contribution in [2.24, 2.45) is 5.41 Å². The summed E-state index contributed by atoms with van der Waals surface area (Å²) < 4.78 is 0. The van der Waals surface area contributed by atoms with Crippen LogP contribution >= 0.6 is 0 Å². The van der Waals surface area contributed by atoms with Gasteiger partial charge in [0.05, 0.1) is 24.1 Å². The van der Waals surface area contributed by atoms with Gasteiger partial charge in [0.2, 0.25) is 5.91 Å². The van der Waals surface area contributed by atoms with Crippen molar-refractivity contribution < 1.29 is 4.79 Å². The van der Waals surface area contributed by atoms with Gasteiger partial charge in [-0.1, -0.05) is 18.2 Å². The highest BCUT2D eigenvalue weighted by molar-refractivity contribution is 5.77. The molecule has 3 heterocycles. The van der Waals surface area contributed by atoms with Gasteiger partial charge in [-0.25, -0.2) is 0 Å². The van der Waals surface area contributed by atoms with E-state index in [-0.39, 0.29) is 11.3 Å². The molecule has 2 aliphatic rings. The number of piperidine rings is 2. The Labute approximate surface area is 174 Å². The van der Waals surface area contributed by atoms with Crippen molar-refractivity contribution in [3.63, 3.8) is 0 Å². The molecule has 0 aliphatic carbocycles. The topological polar surface area (TPSA) is 49.3 Å². The Morgan fingerprint density at radius 3 is 2.62 bits per heavy atom. The van der Waals surface area contributed by atoms with E-state index in [4.69, 9.17) is 0 Å². The third kappa shape index (κ3) is 4.67. The molecule has 0 radical (unpaired) electrons. The highest BCUT2D eigenvalue weighted by Gasteiger charge is 2.41. The second-order valence-electron chi connectivity index (χ2n) is 9.13. The minimum Gasteiger partial charge on any atom is -0.336 e. The van der Waals surface area contributed by atoms with E-state index < -0.39 is 0 Å². The van der Waals surface area contributed by atoms with Crippen LogP contribution in [0.4, 0.5) is 0 Å². The third-order valence-corrected chi connectivity index (χ3v) is 6.65. The van der Waals surface area contributed by atoms with Gasteiger partial charge in [-0.3, -0.25) is 19.7 Å². The number of rotatable bonds is 4. The van der Waals surface area contributed by atoms with Gasteiger partial charge in [-0.05, 0) is 63.3 Å². The smallest absolute Gasteiger partial charge is 0.222 e. The van der Waals surface area contributed by atoms with Gasteiger partial charge >= 0.3 is 0 Å². The largest absolute Gasteiger partial charge is 0.336 e. The Bertz CT molecular complexity index is 879. The molecule has 1 aromatic carbocycles. The number of carbonyl (C=O) groups excluding carboxylic acids is 1. The van der Waals surface area contributed by atoms with Gasteiger partial charge in [-0.2, -0.15) is 0 Å². The lowest BCUT2D eigenvalue weighted by atomic mass is 9.73. The maximum Gasteiger partial charge on any atom is 0.222 e. The summed E-state index contributed by atoms with van der Waals surface area (Å²) >= 11 is 0. The molecule has 0 N–H and O–H groups in total. The van der Waals surface area contributed by atoms with E-state index in [9.17, 15) is 4.79 Å². The minimum absolute atomic E-state index is 0.212. The fraction of sp³-hybridized carbons (Fsp3) is 0.542. The van der Waals surface area contributed by atoms with Gasteiger partial charge in [0.15, 0.2) is 0 Å². The van der Waals surface area contributed by atoms with E-state index >= 15 is 0 Å².